The number of halogens is 1. The number of nitrogens with zero attached hydrogens (tertiary/aromatic N) is 2. The molecule has 1 saturated heterocycles. The molecule has 0 aromatic heterocycles. The van der Waals surface area contributed by atoms with Crippen LogP contribution in [0.1, 0.15) is 31.9 Å². The summed E-state index contributed by atoms with van der Waals surface area (Å²) in [5.74, 6) is -0.512. The molecule has 1 fully saturated rings. The maximum Gasteiger partial charge on any atom is 0.338 e. The van der Waals surface area contributed by atoms with Crippen molar-refractivity contribution in [2.75, 3.05) is 6.61 Å². The summed E-state index contributed by atoms with van der Waals surface area (Å²) < 4.78 is 6.11. The van der Waals surface area contributed by atoms with Gasteiger partial charge in [-0.15, -0.1) is 0 Å². The molecule has 2 aliphatic rings. The summed E-state index contributed by atoms with van der Waals surface area (Å²) in [7, 11) is 0. The fourth-order valence-corrected chi connectivity index (χ4v) is 4.69. The first kappa shape index (κ1) is 18.9. The molecule has 1 aromatic rings. The Morgan fingerprint density at radius 3 is 2.85 bits per heavy atom. The number of amides is 1. The molecule has 2 unspecified atom stereocenters. The highest BCUT2D eigenvalue weighted by Gasteiger charge is 2.47. The number of ether oxygens (including phenoxy) is 1. The topological polar surface area (TPSA) is 59.0 Å². The molecule has 0 aliphatic carbocycles. The number of carbonyl (C=O) groups excluding carboxylic acids is 2. The molecule has 0 saturated carbocycles. The Morgan fingerprint density at radius 1 is 1.46 bits per heavy atom. The maximum atomic E-state index is 13.0. The lowest BCUT2D eigenvalue weighted by atomic mass is 9.94. The van der Waals surface area contributed by atoms with Gasteiger partial charge in [0.25, 0.3) is 0 Å². The van der Waals surface area contributed by atoms with Gasteiger partial charge in [-0.2, -0.15) is 0 Å². The molecule has 0 radical (unpaired) electrons. The predicted octanol–water partition coefficient (Wildman–Crippen LogP) is 4.22. The number of amidine groups is 1. The number of hydrogen-bond donors (Lipinski definition) is 0. The lowest BCUT2D eigenvalue weighted by molar-refractivity contribution is -0.139. The van der Waals surface area contributed by atoms with E-state index in [2.05, 4.69) is 27.5 Å². The predicted molar refractivity (Wildman–Crippen MR) is 107 cm³/mol. The van der Waals surface area contributed by atoms with Gasteiger partial charge in [-0.05, 0) is 25.0 Å². The second-order valence-electron chi connectivity index (χ2n) is 5.93. The fraction of sp³-hybridized carbons (Fsp3) is 0.316. The number of thioether (sulfide) groups is 1. The Hall–Kier alpha value is -1.86. The van der Waals surface area contributed by atoms with E-state index in [-0.39, 0.29) is 17.8 Å². The van der Waals surface area contributed by atoms with Crippen molar-refractivity contribution in [3.05, 3.63) is 58.2 Å². The Labute approximate surface area is 165 Å². The first-order valence-corrected chi connectivity index (χ1v) is 9.98. The zero-order valence-corrected chi connectivity index (χ0v) is 17.0. The van der Waals surface area contributed by atoms with Crippen LogP contribution < -0.4 is 0 Å². The van der Waals surface area contributed by atoms with Crippen LogP contribution in [0.5, 0.6) is 0 Å². The van der Waals surface area contributed by atoms with E-state index < -0.39 is 12.0 Å². The summed E-state index contributed by atoms with van der Waals surface area (Å²) in [5.41, 5.74) is 1.78. The molecule has 0 N–H and O–H groups in total. The molecule has 7 heteroatoms. The van der Waals surface area contributed by atoms with E-state index in [4.69, 9.17) is 4.74 Å². The summed E-state index contributed by atoms with van der Waals surface area (Å²) in [5, 5.41) is 0.454. The Bertz CT molecular complexity index is 834. The average molecular weight is 435 g/mol. The lowest BCUT2D eigenvalue weighted by Crippen LogP contribution is -2.41. The van der Waals surface area contributed by atoms with Crippen molar-refractivity contribution in [1.29, 1.82) is 0 Å². The Balaban J connectivity index is 2.14. The third-order valence-electron chi connectivity index (χ3n) is 4.27. The molecule has 26 heavy (non-hydrogen) atoms. The van der Waals surface area contributed by atoms with Gasteiger partial charge in [0.05, 0.1) is 22.6 Å². The number of allylic oxidation sites excluding steroid dienone is 1. The number of fused-ring (bicyclic) bond motifs is 1. The number of hydrogen-bond acceptors (Lipinski definition) is 5. The van der Waals surface area contributed by atoms with Crippen molar-refractivity contribution in [3.8, 4) is 0 Å². The number of benzene rings is 1. The van der Waals surface area contributed by atoms with Crippen molar-refractivity contribution >= 4 is 44.7 Å². The molecule has 2 atom stereocenters. The molecular formula is C19H19BrN2O3S. The van der Waals surface area contributed by atoms with Gasteiger partial charge in [-0.1, -0.05) is 65.5 Å². The number of aliphatic imine (C=N–C) groups is 1. The average Bonchev–Trinajstić information content (AvgIpc) is 2.94. The van der Waals surface area contributed by atoms with Gasteiger partial charge in [0.2, 0.25) is 5.91 Å². The summed E-state index contributed by atoms with van der Waals surface area (Å²) in [6, 6.07) is 7.02. The van der Waals surface area contributed by atoms with E-state index in [1.54, 1.807) is 11.8 Å². The van der Waals surface area contributed by atoms with Gasteiger partial charge < -0.3 is 4.74 Å². The quantitative estimate of drug-likeness (QED) is 0.514. The molecule has 2 heterocycles. The van der Waals surface area contributed by atoms with Crippen molar-refractivity contribution in [2.45, 2.75) is 31.6 Å². The monoisotopic (exact) mass is 434 g/mol. The van der Waals surface area contributed by atoms with Gasteiger partial charge >= 0.3 is 5.97 Å². The smallest absolute Gasteiger partial charge is 0.338 e. The normalized spacial score (nSPS) is 22.2. The van der Waals surface area contributed by atoms with Gasteiger partial charge in [0, 0.05) is 4.47 Å². The summed E-state index contributed by atoms with van der Waals surface area (Å²) in [6.45, 7) is 7.44. The van der Waals surface area contributed by atoms with Gasteiger partial charge in [0.1, 0.15) is 6.61 Å². The van der Waals surface area contributed by atoms with Crippen LogP contribution in [0.15, 0.2) is 57.7 Å². The Kier molecular flexibility index (Phi) is 5.67. The highest BCUT2D eigenvalue weighted by atomic mass is 79.9. The van der Waals surface area contributed by atoms with Crippen LogP contribution in [-0.2, 0) is 14.3 Å². The number of carbonyl (C=O) groups is 2. The van der Waals surface area contributed by atoms with Crippen LogP contribution in [0, 0.1) is 0 Å². The van der Waals surface area contributed by atoms with Crippen molar-refractivity contribution in [1.82, 2.24) is 4.90 Å². The summed E-state index contributed by atoms with van der Waals surface area (Å²) >= 11 is 5.01. The van der Waals surface area contributed by atoms with E-state index in [0.29, 0.717) is 22.9 Å². The first-order valence-electron chi connectivity index (χ1n) is 8.31. The third-order valence-corrected chi connectivity index (χ3v) is 6.31. The van der Waals surface area contributed by atoms with E-state index in [0.717, 1.165) is 10.0 Å². The molecule has 0 bridgehead atoms. The molecule has 1 aromatic carbocycles. The minimum Gasteiger partial charge on any atom is -0.458 e. The standard InChI is InChI=1S/C19H19BrN2O3S/c1-4-10-25-18(24)15-11(3)21-19-22(17(23)14(5-2)26-19)16(15)12-8-6-7-9-13(12)20/h4,6-9,14,16H,1,5,10H2,2-3H3. The zero-order valence-electron chi connectivity index (χ0n) is 14.6. The Morgan fingerprint density at radius 2 is 2.19 bits per heavy atom. The van der Waals surface area contributed by atoms with Crippen LogP contribution in [0.2, 0.25) is 0 Å². The maximum absolute atomic E-state index is 13.0. The van der Waals surface area contributed by atoms with Gasteiger partial charge in [-0.25, -0.2) is 9.79 Å². The molecular weight excluding hydrogens is 416 g/mol. The molecule has 3 rings (SSSR count). The van der Waals surface area contributed by atoms with E-state index >= 15 is 0 Å². The summed E-state index contributed by atoms with van der Waals surface area (Å²) in [4.78, 5) is 31.9. The SMILES string of the molecule is C=CCOC(=O)C1=C(C)N=C2SC(CC)C(=O)N2C1c1ccccc1Br. The molecule has 0 spiro atoms. The van der Waals surface area contributed by atoms with E-state index in [9.17, 15) is 9.59 Å². The largest absolute Gasteiger partial charge is 0.458 e. The first-order chi connectivity index (χ1) is 12.5. The highest BCUT2D eigenvalue weighted by molar-refractivity contribution is 9.10. The van der Waals surface area contributed by atoms with Crippen LogP contribution in [0.25, 0.3) is 0 Å². The minimum atomic E-state index is -0.563. The van der Waals surface area contributed by atoms with Crippen molar-refractivity contribution in [3.63, 3.8) is 0 Å². The van der Waals surface area contributed by atoms with Crippen molar-refractivity contribution < 1.29 is 14.3 Å². The molecule has 2 aliphatic heterocycles. The van der Waals surface area contributed by atoms with Gasteiger partial charge in [0.15, 0.2) is 5.17 Å². The minimum absolute atomic E-state index is 0.0291. The highest BCUT2D eigenvalue weighted by Crippen LogP contribution is 2.45. The number of rotatable bonds is 5. The van der Waals surface area contributed by atoms with Crippen molar-refractivity contribution in [2.24, 2.45) is 4.99 Å². The van der Waals surface area contributed by atoms with Gasteiger partial charge in [-0.3, -0.25) is 9.69 Å². The third kappa shape index (κ3) is 3.25. The molecule has 136 valence electrons. The second-order valence-corrected chi connectivity index (χ2v) is 7.95. The lowest BCUT2D eigenvalue weighted by Gasteiger charge is -2.33. The van der Waals surface area contributed by atoms with E-state index in [1.165, 1.54) is 17.8 Å². The molecule has 1 amide bonds. The van der Waals surface area contributed by atoms with Crippen LogP contribution in [0.4, 0.5) is 0 Å². The fourth-order valence-electron chi connectivity index (χ4n) is 3.05. The zero-order chi connectivity index (χ0) is 18.8. The molecule has 5 nitrogen and oxygen atoms in total. The second kappa shape index (κ2) is 7.80. The number of esters is 1. The van der Waals surface area contributed by atoms with E-state index in [1.807, 2.05) is 31.2 Å². The summed E-state index contributed by atoms with van der Waals surface area (Å²) in [6.07, 6.45) is 2.22. The van der Waals surface area contributed by atoms with Crippen LogP contribution in [0.3, 0.4) is 0 Å². The van der Waals surface area contributed by atoms with Crippen LogP contribution in [-0.4, -0.2) is 33.8 Å². The van der Waals surface area contributed by atoms with Crippen LogP contribution >= 0.6 is 27.7 Å².